The number of halogens is 2. The molecule has 8 aliphatic rings. The highest BCUT2D eigenvalue weighted by Gasteiger charge is 2.64. The molecule has 9 heteroatoms. The smallest absolute Gasteiger partial charge is 0.157 e. The van der Waals surface area contributed by atoms with Crippen LogP contribution in [0.2, 0.25) is 0 Å². The molecule has 2 heterocycles. The van der Waals surface area contributed by atoms with Gasteiger partial charge in [-0.05, 0) is 233 Å². The topological polar surface area (TPSA) is 105 Å². The van der Waals surface area contributed by atoms with E-state index in [0.717, 1.165) is 83.6 Å². The van der Waals surface area contributed by atoms with Crippen LogP contribution in [0.4, 0.5) is 0 Å². The molecular formula is C54H85Br2N3O4. The Morgan fingerprint density at radius 3 is 1.63 bits per heavy atom. The van der Waals surface area contributed by atoms with Gasteiger partial charge in [-0.25, -0.2) is 0 Å². The van der Waals surface area contributed by atoms with Gasteiger partial charge in [-0.1, -0.05) is 58.5 Å². The molecule has 0 saturated heterocycles. The molecule has 2 aromatic rings. The van der Waals surface area contributed by atoms with Crippen molar-refractivity contribution in [2.45, 2.75) is 203 Å². The Morgan fingerprint density at radius 2 is 1.16 bits per heavy atom. The highest BCUT2D eigenvalue weighted by molar-refractivity contribution is 9.10. The second kappa shape index (κ2) is 18.1. The van der Waals surface area contributed by atoms with Crippen molar-refractivity contribution in [3.05, 3.63) is 22.9 Å². The third-order valence-electron chi connectivity index (χ3n) is 21.3. The third kappa shape index (κ3) is 8.14. The summed E-state index contributed by atoms with van der Waals surface area (Å²) >= 11 is 6.95. The Hall–Kier alpha value is -1.16. The molecule has 0 spiro atoms. The highest BCUT2D eigenvalue weighted by Crippen LogP contribution is 2.71. The lowest BCUT2D eigenvalue weighted by Crippen LogP contribution is -2.56. The van der Waals surface area contributed by atoms with E-state index in [9.17, 15) is 19.8 Å². The zero-order valence-corrected chi connectivity index (χ0v) is 41.5. The predicted octanol–water partition coefficient (Wildman–Crippen LogP) is 13.6. The lowest BCUT2D eigenvalue weighted by Gasteiger charge is -2.63. The van der Waals surface area contributed by atoms with E-state index in [-0.39, 0.29) is 37.5 Å². The van der Waals surface area contributed by atoms with Crippen LogP contribution in [0.3, 0.4) is 0 Å². The lowest BCUT2D eigenvalue weighted by molar-refractivity contribution is -0.158. The first kappa shape index (κ1) is 49.7. The van der Waals surface area contributed by atoms with Crippen LogP contribution in [-0.4, -0.2) is 53.1 Å². The average molecular weight is 1000 g/mol. The number of aromatic nitrogens is 3. The largest absolute Gasteiger partial charge is 0.390 e. The standard InChI is InChI=1S/C29H40BrN3O2.C23H37BrO2.2CH4/c1-4-29-12-11-27(2,35)14-18(29)5-6-20-21-7-8-23(28(21,3)10-9-22(20)29)26(34)17-33-25-13-19(30)15-31-24(25)16-32-33;1-4-23-12-11-21(2,26)13-15(23)5-6-16-17-7-8-19(20(25)14-24)22(17,3)10-9-18(16)23;;/h13,15-16,18,20-23,35H,4-12,14,17H2,1-3H3;15-19,26H,4-14H2,1-3H3;2*1H4/t18-,20-,21-,22-,23+,27+,28-,29-;15-,16-,17-,18-,19+,21+,22-,23-;;/m00../s1. The summed E-state index contributed by atoms with van der Waals surface area (Å²) in [5.74, 6) is 7.18. The maximum Gasteiger partial charge on any atom is 0.157 e. The van der Waals surface area contributed by atoms with Crippen molar-refractivity contribution < 1.29 is 19.8 Å². The summed E-state index contributed by atoms with van der Waals surface area (Å²) in [4.78, 5) is 30.8. The van der Waals surface area contributed by atoms with E-state index >= 15 is 0 Å². The SMILES string of the molecule is C.C.CC[C@]12CC[C@@](C)(O)C[C@@H]1CC[C@H]1[C@@H]3CC[C@H](C(=O)CBr)[C@@]3(C)CC[C@@H]12.CC[C@]12CC[C@@](C)(O)C[C@@H]1CC[C@H]1[C@@H]3CC[C@H](C(=O)Cn4ncc5ncc(Br)cc54)[C@@]3(C)CC[C@@H]12. The highest BCUT2D eigenvalue weighted by atomic mass is 79.9. The average Bonchev–Trinajstić information content (AvgIpc) is 3.92. The molecule has 8 saturated carbocycles. The van der Waals surface area contributed by atoms with Crippen molar-refractivity contribution in [1.29, 1.82) is 0 Å². The predicted molar refractivity (Wildman–Crippen MR) is 263 cm³/mol. The fourth-order valence-corrected chi connectivity index (χ4v) is 19.1. The minimum atomic E-state index is -0.480. The van der Waals surface area contributed by atoms with Crippen molar-refractivity contribution in [3.63, 3.8) is 0 Å². The number of ketones is 2. The second-order valence-electron chi connectivity index (χ2n) is 23.7. The van der Waals surface area contributed by atoms with Gasteiger partial charge in [-0.15, -0.1) is 0 Å². The van der Waals surface area contributed by atoms with Gasteiger partial charge < -0.3 is 10.2 Å². The second-order valence-corrected chi connectivity index (χ2v) is 25.1. The number of Topliss-reactive ketones (excluding diaryl/α,β-unsaturated/α-hetero) is 2. The zero-order valence-electron chi connectivity index (χ0n) is 38.4. The first-order chi connectivity index (χ1) is 28.9. The molecule has 0 aliphatic heterocycles. The number of alkyl halides is 1. The molecule has 2 N–H and O–H groups in total. The lowest BCUT2D eigenvalue weighted by atomic mass is 9.42. The summed E-state index contributed by atoms with van der Waals surface area (Å²) in [7, 11) is 0. The van der Waals surface area contributed by atoms with Crippen molar-refractivity contribution >= 4 is 54.5 Å². The number of fused-ring (bicyclic) bond motifs is 11. The van der Waals surface area contributed by atoms with Crippen molar-refractivity contribution in [2.75, 3.05) is 5.33 Å². The molecule has 0 amide bonds. The van der Waals surface area contributed by atoms with Crippen LogP contribution in [-0.2, 0) is 16.1 Å². The summed E-state index contributed by atoms with van der Waals surface area (Å²) in [6, 6.07) is 2.01. The Kier molecular flexibility index (Phi) is 14.3. The van der Waals surface area contributed by atoms with Gasteiger partial charge in [-0.2, -0.15) is 5.10 Å². The number of hydrogen-bond donors (Lipinski definition) is 2. The molecule has 16 atom stereocenters. The van der Waals surface area contributed by atoms with Gasteiger partial charge in [0.05, 0.1) is 28.2 Å². The molecule has 0 unspecified atom stereocenters. The Labute approximate surface area is 398 Å². The van der Waals surface area contributed by atoms with Gasteiger partial charge in [0.25, 0.3) is 0 Å². The maximum absolute atomic E-state index is 13.8. The summed E-state index contributed by atoms with van der Waals surface area (Å²) in [5.41, 5.74) is 2.06. The molecular weight excluding hydrogens is 914 g/mol. The first-order valence-electron chi connectivity index (χ1n) is 25.0. The summed E-state index contributed by atoms with van der Waals surface area (Å²) in [6.45, 7) is 14.2. The monoisotopic (exact) mass is 997 g/mol. The Bertz CT molecular complexity index is 1980. The molecule has 0 bridgehead atoms. The number of rotatable bonds is 7. The summed E-state index contributed by atoms with van der Waals surface area (Å²) in [6.07, 6.45) is 27.2. The van der Waals surface area contributed by atoms with Crippen molar-refractivity contribution in [2.24, 2.45) is 80.8 Å². The number of carbonyl (C=O) groups is 2. The number of aliphatic hydroxyl groups is 2. The van der Waals surface area contributed by atoms with Crippen LogP contribution in [0.15, 0.2) is 22.9 Å². The first-order valence-corrected chi connectivity index (χ1v) is 26.9. The molecule has 0 aromatic carbocycles. The molecule has 10 rings (SSSR count). The number of hydrogen-bond acceptors (Lipinski definition) is 6. The van der Waals surface area contributed by atoms with E-state index in [1.54, 1.807) is 12.4 Å². The third-order valence-corrected chi connectivity index (χ3v) is 22.3. The van der Waals surface area contributed by atoms with Gasteiger partial charge in [0.1, 0.15) is 17.8 Å². The molecule has 8 fully saturated rings. The van der Waals surface area contributed by atoms with E-state index < -0.39 is 11.2 Å². The van der Waals surface area contributed by atoms with E-state index in [0.29, 0.717) is 52.0 Å². The van der Waals surface area contributed by atoms with Gasteiger partial charge in [0.15, 0.2) is 5.78 Å². The molecule has 2 aromatic heterocycles. The van der Waals surface area contributed by atoms with E-state index in [4.69, 9.17) is 0 Å². The molecule has 0 radical (unpaired) electrons. The fourth-order valence-electron chi connectivity index (χ4n) is 18.4. The van der Waals surface area contributed by atoms with Crippen LogP contribution in [0.25, 0.3) is 11.0 Å². The fraction of sp³-hybridized carbons (Fsp3) is 0.852. The minimum absolute atomic E-state index is 0. The van der Waals surface area contributed by atoms with E-state index in [1.807, 2.05) is 10.7 Å². The van der Waals surface area contributed by atoms with Crippen LogP contribution < -0.4 is 0 Å². The number of pyridine rings is 1. The normalized spacial score (nSPS) is 45.9. The molecule has 7 nitrogen and oxygen atoms in total. The molecule has 8 aliphatic carbocycles. The van der Waals surface area contributed by atoms with Gasteiger partial charge >= 0.3 is 0 Å². The van der Waals surface area contributed by atoms with Crippen LogP contribution in [0.5, 0.6) is 0 Å². The zero-order chi connectivity index (χ0) is 43.3. The molecule has 63 heavy (non-hydrogen) atoms. The van der Waals surface area contributed by atoms with Crippen molar-refractivity contribution in [3.8, 4) is 0 Å². The quantitative estimate of drug-likeness (QED) is 0.268. The van der Waals surface area contributed by atoms with Gasteiger partial charge in [0, 0.05) is 22.5 Å². The summed E-state index contributed by atoms with van der Waals surface area (Å²) in [5, 5.41) is 26.6. The minimum Gasteiger partial charge on any atom is -0.390 e. The maximum atomic E-state index is 13.8. The Balaban J connectivity index is 0.000000191. The number of nitrogens with zero attached hydrogens (tertiary/aromatic N) is 3. The number of carbonyl (C=O) groups excluding carboxylic acids is 2. The van der Waals surface area contributed by atoms with E-state index in [1.165, 1.54) is 89.9 Å². The van der Waals surface area contributed by atoms with Crippen LogP contribution in [0.1, 0.15) is 185 Å². The van der Waals surface area contributed by atoms with Gasteiger partial charge in [0.2, 0.25) is 0 Å². The van der Waals surface area contributed by atoms with E-state index in [2.05, 4.69) is 83.5 Å². The van der Waals surface area contributed by atoms with Crippen LogP contribution >= 0.6 is 31.9 Å². The molecule has 354 valence electrons. The van der Waals surface area contributed by atoms with Gasteiger partial charge in [-0.3, -0.25) is 19.3 Å². The van der Waals surface area contributed by atoms with Crippen molar-refractivity contribution in [1.82, 2.24) is 14.8 Å². The van der Waals surface area contributed by atoms with Crippen LogP contribution in [0, 0.1) is 80.8 Å². The Morgan fingerprint density at radius 1 is 0.667 bits per heavy atom. The summed E-state index contributed by atoms with van der Waals surface area (Å²) < 4.78 is 2.76.